The first-order chi connectivity index (χ1) is 14.0. The first-order valence-electron chi connectivity index (χ1n) is 9.91. The first-order valence-corrected chi connectivity index (χ1v) is 9.91. The molecule has 2 aromatic heterocycles. The predicted octanol–water partition coefficient (Wildman–Crippen LogP) is 2.31. The summed E-state index contributed by atoms with van der Waals surface area (Å²) in [6.07, 6.45) is 3.85. The van der Waals surface area contributed by atoms with Gasteiger partial charge in [-0.25, -0.2) is 14.4 Å². The number of nitrogens with zero attached hydrogens (tertiary/aromatic N) is 4. The van der Waals surface area contributed by atoms with Crippen LogP contribution in [0.1, 0.15) is 11.1 Å². The summed E-state index contributed by atoms with van der Waals surface area (Å²) < 4.78 is 20.4. The molecule has 0 radical (unpaired) electrons. The van der Waals surface area contributed by atoms with Gasteiger partial charge >= 0.3 is 0 Å². The van der Waals surface area contributed by atoms with Gasteiger partial charge in [0.05, 0.1) is 5.39 Å². The average Bonchev–Trinajstić information content (AvgIpc) is 3.08. The minimum Gasteiger partial charge on any atom is -0.435 e. The smallest absolute Gasteiger partial charge is 0.232 e. The van der Waals surface area contributed by atoms with Crippen LogP contribution in [0.5, 0.6) is 11.6 Å². The van der Waals surface area contributed by atoms with Crippen LogP contribution in [0.3, 0.4) is 0 Å². The molecular weight excluding hydrogens is 371 g/mol. The van der Waals surface area contributed by atoms with Crippen LogP contribution in [0, 0.1) is 12.7 Å². The van der Waals surface area contributed by atoms with Crippen LogP contribution in [-0.2, 0) is 6.42 Å². The minimum absolute atomic E-state index is 0.0337. The number of nitrogens with two attached hydrogens (primary N) is 1. The highest BCUT2D eigenvalue weighted by Gasteiger charge is 2.18. The van der Waals surface area contributed by atoms with Crippen molar-refractivity contribution in [2.24, 2.45) is 5.73 Å². The number of fused-ring (bicyclic) bond motifs is 1. The fourth-order valence-corrected chi connectivity index (χ4v) is 3.75. The Kier molecular flexibility index (Phi) is 5.75. The van der Waals surface area contributed by atoms with E-state index in [9.17, 15) is 4.39 Å². The van der Waals surface area contributed by atoms with Gasteiger partial charge in [-0.2, -0.15) is 0 Å². The third-order valence-electron chi connectivity index (χ3n) is 5.42. The van der Waals surface area contributed by atoms with Crippen molar-refractivity contribution in [3.63, 3.8) is 0 Å². The van der Waals surface area contributed by atoms with Crippen molar-refractivity contribution in [3.8, 4) is 11.6 Å². The van der Waals surface area contributed by atoms with Crippen LogP contribution in [0.2, 0.25) is 0 Å². The van der Waals surface area contributed by atoms with Crippen molar-refractivity contribution in [1.82, 2.24) is 24.8 Å². The molecule has 3 N–H and O–H groups in total. The normalized spacial score (nSPS) is 17.0. The molecule has 3 aromatic rings. The van der Waals surface area contributed by atoms with Gasteiger partial charge in [0.25, 0.3) is 0 Å². The Balaban J connectivity index is 1.42. The summed E-state index contributed by atoms with van der Waals surface area (Å²) in [6, 6.07) is 4.98. The van der Waals surface area contributed by atoms with E-state index in [1.165, 1.54) is 12.4 Å². The van der Waals surface area contributed by atoms with Crippen molar-refractivity contribution in [3.05, 3.63) is 47.7 Å². The maximum absolute atomic E-state index is 14.7. The molecule has 29 heavy (non-hydrogen) atoms. The lowest BCUT2D eigenvalue weighted by Crippen LogP contribution is -2.49. The Morgan fingerprint density at radius 3 is 2.79 bits per heavy atom. The number of benzene rings is 1. The number of rotatable bonds is 6. The Labute approximate surface area is 169 Å². The summed E-state index contributed by atoms with van der Waals surface area (Å²) >= 11 is 0. The molecular formula is C21H27FN6O. The second kappa shape index (κ2) is 8.44. The molecule has 0 amide bonds. The van der Waals surface area contributed by atoms with Gasteiger partial charge in [0.1, 0.15) is 12.0 Å². The van der Waals surface area contributed by atoms with E-state index < -0.39 is 5.82 Å². The predicted molar refractivity (Wildman–Crippen MR) is 111 cm³/mol. The molecule has 0 spiro atoms. The van der Waals surface area contributed by atoms with Crippen LogP contribution >= 0.6 is 0 Å². The zero-order valence-electron chi connectivity index (χ0n) is 16.9. The Morgan fingerprint density at radius 2 is 2.03 bits per heavy atom. The zero-order valence-corrected chi connectivity index (χ0v) is 16.9. The monoisotopic (exact) mass is 398 g/mol. The lowest BCUT2D eigenvalue weighted by atomic mass is 10.1. The number of hydrogen-bond acceptors (Lipinski definition) is 6. The van der Waals surface area contributed by atoms with Gasteiger partial charge in [-0.05, 0) is 43.7 Å². The van der Waals surface area contributed by atoms with Crippen LogP contribution in [0.4, 0.5) is 4.39 Å². The third kappa shape index (κ3) is 4.55. The van der Waals surface area contributed by atoms with Gasteiger partial charge < -0.3 is 20.4 Å². The summed E-state index contributed by atoms with van der Waals surface area (Å²) in [4.78, 5) is 16.1. The molecule has 0 aliphatic carbocycles. The summed E-state index contributed by atoms with van der Waals surface area (Å²) in [5.41, 5.74) is 8.80. The zero-order chi connectivity index (χ0) is 20.4. The third-order valence-corrected chi connectivity index (χ3v) is 5.42. The van der Waals surface area contributed by atoms with Gasteiger partial charge in [0, 0.05) is 45.0 Å². The number of nitrogens with one attached hydrogen (secondary N) is 1. The van der Waals surface area contributed by atoms with E-state index in [0.29, 0.717) is 17.9 Å². The number of aryl methyl sites for hydroxylation is 1. The van der Waals surface area contributed by atoms with Crippen LogP contribution in [0.25, 0.3) is 11.0 Å². The number of H-pyrrole nitrogens is 1. The van der Waals surface area contributed by atoms with Crippen LogP contribution in [-0.4, -0.2) is 70.6 Å². The summed E-state index contributed by atoms with van der Waals surface area (Å²) in [7, 11) is 2.13. The van der Waals surface area contributed by atoms with Crippen molar-refractivity contribution < 1.29 is 9.13 Å². The number of aromatic amines is 1. The van der Waals surface area contributed by atoms with Gasteiger partial charge in [-0.1, -0.05) is 6.07 Å². The topological polar surface area (TPSA) is 83.3 Å². The number of piperazine rings is 1. The quantitative estimate of drug-likeness (QED) is 0.663. The summed E-state index contributed by atoms with van der Waals surface area (Å²) in [5, 5.41) is 0.755. The minimum atomic E-state index is -0.422. The molecule has 0 saturated carbocycles. The van der Waals surface area contributed by atoms with E-state index in [1.807, 2.05) is 19.2 Å². The molecule has 0 bridgehead atoms. The van der Waals surface area contributed by atoms with Crippen molar-refractivity contribution >= 4 is 11.0 Å². The molecule has 4 rings (SSSR count). The highest BCUT2D eigenvalue weighted by Crippen LogP contribution is 2.30. The van der Waals surface area contributed by atoms with Crippen LogP contribution in [0.15, 0.2) is 30.7 Å². The Hall–Kier alpha value is -2.55. The van der Waals surface area contributed by atoms with Crippen molar-refractivity contribution in [2.45, 2.75) is 19.4 Å². The number of aromatic nitrogens is 3. The first kappa shape index (κ1) is 19.8. The highest BCUT2D eigenvalue weighted by atomic mass is 19.1. The van der Waals surface area contributed by atoms with Gasteiger partial charge in [0.2, 0.25) is 5.88 Å². The second-order valence-electron chi connectivity index (χ2n) is 7.81. The largest absolute Gasteiger partial charge is 0.435 e. The highest BCUT2D eigenvalue weighted by molar-refractivity contribution is 5.84. The average molecular weight is 398 g/mol. The van der Waals surface area contributed by atoms with Crippen LogP contribution < -0.4 is 10.5 Å². The number of ether oxygens (including phenoxy) is 1. The van der Waals surface area contributed by atoms with E-state index in [4.69, 9.17) is 10.5 Å². The fourth-order valence-electron chi connectivity index (χ4n) is 3.75. The lowest BCUT2D eigenvalue weighted by molar-refractivity contribution is 0.147. The molecule has 3 heterocycles. The molecule has 1 fully saturated rings. The number of halogens is 1. The number of hydrogen-bond donors (Lipinski definition) is 2. The summed E-state index contributed by atoms with van der Waals surface area (Å²) in [5.74, 6) is 0.0587. The SMILES string of the molecule is Cc1c[nH]c2ncnc(Oc3ccc(CC(N)CN4CCN(C)CC4)cc3F)c12. The fraction of sp³-hybridized carbons (Fsp3) is 0.429. The molecule has 1 aromatic carbocycles. The van der Waals surface area contributed by atoms with Gasteiger partial charge in [0.15, 0.2) is 11.6 Å². The molecule has 1 aliphatic rings. The van der Waals surface area contributed by atoms with E-state index in [-0.39, 0.29) is 11.8 Å². The number of likely N-dealkylation sites (N-methyl/N-ethyl adjacent to an activating group) is 1. The molecule has 1 atom stereocenters. The maximum atomic E-state index is 14.7. The lowest BCUT2D eigenvalue weighted by Gasteiger charge is -2.33. The Morgan fingerprint density at radius 1 is 1.24 bits per heavy atom. The molecule has 8 heteroatoms. The Bertz CT molecular complexity index is 982. The van der Waals surface area contributed by atoms with E-state index in [1.54, 1.807) is 6.07 Å². The van der Waals surface area contributed by atoms with Crippen molar-refractivity contribution in [2.75, 3.05) is 39.8 Å². The van der Waals surface area contributed by atoms with Gasteiger partial charge in [-0.15, -0.1) is 0 Å². The van der Waals surface area contributed by atoms with E-state index in [0.717, 1.165) is 49.2 Å². The molecule has 154 valence electrons. The second-order valence-corrected chi connectivity index (χ2v) is 7.81. The molecule has 1 aliphatic heterocycles. The van der Waals surface area contributed by atoms with Gasteiger partial charge in [-0.3, -0.25) is 4.90 Å². The van der Waals surface area contributed by atoms with Crippen molar-refractivity contribution in [1.29, 1.82) is 0 Å². The van der Waals surface area contributed by atoms with E-state index in [2.05, 4.69) is 31.8 Å². The maximum Gasteiger partial charge on any atom is 0.232 e. The molecule has 1 saturated heterocycles. The standard InChI is InChI=1S/C21H27FN6O/c1-14-11-24-20-19(14)21(26-13-25-20)29-18-4-3-15(10-17(18)22)9-16(23)12-28-7-5-27(2)6-8-28/h3-4,10-11,13,16H,5-9,12,23H2,1-2H3,(H,24,25,26). The molecule has 1 unspecified atom stereocenters. The van der Waals surface area contributed by atoms with E-state index >= 15 is 0 Å². The molecule has 7 nitrogen and oxygen atoms in total. The summed E-state index contributed by atoms with van der Waals surface area (Å²) in [6.45, 7) is 6.92.